The molecule has 0 atom stereocenters. The Kier molecular flexibility index (Phi) is 5.55. The fourth-order valence-electron chi connectivity index (χ4n) is 2.43. The van der Waals surface area contributed by atoms with Gasteiger partial charge in [0.25, 0.3) is 0 Å². The number of esters is 1. The highest BCUT2D eigenvalue weighted by Crippen LogP contribution is 2.29. The summed E-state index contributed by atoms with van der Waals surface area (Å²) in [5.74, 6) is 1.68. The highest BCUT2D eigenvalue weighted by molar-refractivity contribution is 8.01. The molecular formula is C19H16N2O4S2. The van der Waals surface area contributed by atoms with Crippen LogP contribution in [0.1, 0.15) is 18.5 Å². The van der Waals surface area contributed by atoms with Crippen molar-refractivity contribution < 1.29 is 18.5 Å². The topological polar surface area (TPSA) is 78.4 Å². The monoisotopic (exact) mass is 400 g/mol. The van der Waals surface area contributed by atoms with Gasteiger partial charge in [0, 0.05) is 18.2 Å². The molecule has 0 aliphatic carbocycles. The average Bonchev–Trinajstić information content (AvgIpc) is 3.43. The Labute approximate surface area is 163 Å². The van der Waals surface area contributed by atoms with E-state index in [9.17, 15) is 4.79 Å². The molecule has 27 heavy (non-hydrogen) atoms. The molecule has 0 radical (unpaired) electrons. The summed E-state index contributed by atoms with van der Waals surface area (Å²) in [5.41, 5.74) is 1.57. The second-order valence-electron chi connectivity index (χ2n) is 5.72. The molecule has 6 nitrogen and oxygen atoms in total. The first-order valence-corrected chi connectivity index (χ1v) is 10.2. The zero-order valence-electron chi connectivity index (χ0n) is 14.3. The molecule has 3 heterocycles. The summed E-state index contributed by atoms with van der Waals surface area (Å²) < 4.78 is 17.9. The molecule has 0 N–H and O–H groups in total. The van der Waals surface area contributed by atoms with E-state index in [0.717, 1.165) is 22.0 Å². The van der Waals surface area contributed by atoms with E-state index in [1.165, 1.54) is 4.70 Å². The predicted octanol–water partition coefficient (Wildman–Crippen LogP) is 5.16. The van der Waals surface area contributed by atoms with Crippen molar-refractivity contribution in [1.29, 1.82) is 0 Å². The Hall–Kier alpha value is -2.58. The van der Waals surface area contributed by atoms with Crippen LogP contribution in [0.4, 0.5) is 0 Å². The molecule has 4 aromatic rings. The largest absolute Gasteiger partial charge is 0.461 e. The van der Waals surface area contributed by atoms with Crippen molar-refractivity contribution >= 4 is 39.3 Å². The number of carbonyl (C=O) groups is 1. The van der Waals surface area contributed by atoms with E-state index in [-0.39, 0.29) is 12.6 Å². The lowest BCUT2D eigenvalue weighted by atomic mass is 10.3. The highest BCUT2D eigenvalue weighted by Gasteiger charge is 2.11. The van der Waals surface area contributed by atoms with Gasteiger partial charge in [-0.25, -0.2) is 4.98 Å². The third kappa shape index (κ3) is 4.58. The minimum absolute atomic E-state index is 0.0913. The Morgan fingerprint density at radius 2 is 2.11 bits per heavy atom. The van der Waals surface area contributed by atoms with E-state index < -0.39 is 0 Å². The molecule has 0 fully saturated rings. The minimum Gasteiger partial charge on any atom is -0.461 e. The summed E-state index contributed by atoms with van der Waals surface area (Å²) in [4.78, 5) is 16.5. The number of furan rings is 1. The van der Waals surface area contributed by atoms with Crippen molar-refractivity contribution in [2.24, 2.45) is 0 Å². The lowest BCUT2D eigenvalue weighted by Crippen LogP contribution is -2.04. The van der Waals surface area contributed by atoms with Crippen molar-refractivity contribution in [2.45, 2.75) is 23.8 Å². The second-order valence-corrected chi connectivity index (χ2v) is 8.09. The number of aromatic nitrogens is 2. The lowest BCUT2D eigenvalue weighted by Gasteiger charge is -2.01. The number of rotatable bonds is 8. The summed E-state index contributed by atoms with van der Waals surface area (Å²) in [6.45, 7) is 0.0913. The van der Waals surface area contributed by atoms with Gasteiger partial charge in [-0.3, -0.25) is 4.79 Å². The van der Waals surface area contributed by atoms with Gasteiger partial charge < -0.3 is 13.7 Å². The van der Waals surface area contributed by atoms with E-state index in [1.54, 1.807) is 47.6 Å². The van der Waals surface area contributed by atoms with Crippen LogP contribution in [0, 0.1) is 0 Å². The van der Waals surface area contributed by atoms with Gasteiger partial charge >= 0.3 is 5.97 Å². The van der Waals surface area contributed by atoms with Gasteiger partial charge in [-0.1, -0.05) is 29.1 Å². The summed E-state index contributed by atoms with van der Waals surface area (Å²) in [6, 6.07) is 13.3. The Morgan fingerprint density at radius 1 is 1.19 bits per heavy atom. The first-order valence-electron chi connectivity index (χ1n) is 8.41. The molecule has 3 aromatic heterocycles. The summed E-state index contributed by atoms with van der Waals surface area (Å²) >= 11 is 3.34. The van der Waals surface area contributed by atoms with Gasteiger partial charge in [0.2, 0.25) is 5.76 Å². The van der Waals surface area contributed by atoms with Gasteiger partial charge in [0.1, 0.15) is 12.3 Å². The maximum atomic E-state index is 11.9. The number of hydrogen-bond donors (Lipinski definition) is 0. The molecule has 0 amide bonds. The number of ether oxygens (including phenoxy) is 1. The van der Waals surface area contributed by atoms with Gasteiger partial charge in [0.15, 0.2) is 10.1 Å². The Morgan fingerprint density at radius 3 is 2.96 bits per heavy atom. The van der Waals surface area contributed by atoms with Crippen molar-refractivity contribution in [3.05, 3.63) is 54.4 Å². The fourth-order valence-corrected chi connectivity index (χ4v) is 4.51. The third-order valence-electron chi connectivity index (χ3n) is 3.73. The van der Waals surface area contributed by atoms with Crippen LogP contribution in [0.2, 0.25) is 0 Å². The maximum absolute atomic E-state index is 11.9. The van der Waals surface area contributed by atoms with Crippen LogP contribution in [0.25, 0.3) is 21.7 Å². The molecular weight excluding hydrogens is 384 g/mol. The molecule has 4 rings (SSSR count). The van der Waals surface area contributed by atoms with Crippen LogP contribution in [0.3, 0.4) is 0 Å². The standard InChI is InChI=1S/C19H16N2O4S2/c22-18(24-12-13-11-16(25-21-13)15-6-3-9-23-15)8-4-10-26-19-20-14-5-1-2-7-17(14)27-19/h1-3,5-7,9,11H,4,8,10,12H2. The van der Waals surface area contributed by atoms with Crippen LogP contribution in [-0.4, -0.2) is 21.9 Å². The van der Waals surface area contributed by atoms with E-state index in [1.807, 2.05) is 18.2 Å². The molecule has 8 heteroatoms. The Balaban J connectivity index is 1.18. The quantitative estimate of drug-likeness (QED) is 0.230. The van der Waals surface area contributed by atoms with Crippen molar-refractivity contribution in [3.63, 3.8) is 0 Å². The number of fused-ring (bicyclic) bond motifs is 1. The highest BCUT2D eigenvalue weighted by atomic mass is 32.2. The van der Waals surface area contributed by atoms with Crippen LogP contribution >= 0.6 is 23.1 Å². The van der Waals surface area contributed by atoms with Crippen LogP contribution in [0.5, 0.6) is 0 Å². The Bertz CT molecular complexity index is 990. The number of para-hydroxylation sites is 1. The van der Waals surface area contributed by atoms with Gasteiger partial charge in [-0.05, 0) is 30.7 Å². The van der Waals surface area contributed by atoms with Crippen molar-refractivity contribution in [3.8, 4) is 11.5 Å². The molecule has 0 spiro atoms. The SMILES string of the molecule is O=C(CCCSc1nc2ccccc2s1)OCc1cc(-c2ccco2)on1. The van der Waals surface area contributed by atoms with Crippen LogP contribution in [0.15, 0.2) is 62.0 Å². The molecule has 0 saturated carbocycles. The maximum Gasteiger partial charge on any atom is 0.306 e. The molecule has 0 bridgehead atoms. The number of nitrogens with zero attached hydrogens (tertiary/aromatic N) is 2. The number of thioether (sulfide) groups is 1. The lowest BCUT2D eigenvalue weighted by molar-refractivity contribution is -0.145. The average molecular weight is 400 g/mol. The van der Waals surface area contributed by atoms with Gasteiger partial charge in [-0.15, -0.1) is 11.3 Å². The molecule has 138 valence electrons. The summed E-state index contributed by atoms with van der Waals surface area (Å²) in [7, 11) is 0. The van der Waals surface area contributed by atoms with Crippen molar-refractivity contribution in [2.75, 3.05) is 5.75 Å². The normalized spacial score (nSPS) is 11.1. The summed E-state index contributed by atoms with van der Waals surface area (Å²) in [5, 5.41) is 3.88. The van der Waals surface area contributed by atoms with E-state index in [2.05, 4.69) is 16.2 Å². The van der Waals surface area contributed by atoms with E-state index >= 15 is 0 Å². The van der Waals surface area contributed by atoms with E-state index in [0.29, 0.717) is 23.6 Å². The molecule has 0 unspecified atom stereocenters. The van der Waals surface area contributed by atoms with E-state index in [4.69, 9.17) is 13.7 Å². The zero-order valence-corrected chi connectivity index (χ0v) is 15.9. The number of thiazole rings is 1. The smallest absolute Gasteiger partial charge is 0.306 e. The van der Waals surface area contributed by atoms with Crippen molar-refractivity contribution in [1.82, 2.24) is 10.1 Å². The first kappa shape index (κ1) is 17.8. The molecule has 0 aliphatic rings. The second kappa shape index (κ2) is 8.41. The molecule has 0 aliphatic heterocycles. The number of hydrogen-bond acceptors (Lipinski definition) is 8. The summed E-state index contributed by atoms with van der Waals surface area (Å²) in [6.07, 6.45) is 2.65. The zero-order chi connectivity index (χ0) is 18.5. The molecule has 0 saturated heterocycles. The predicted molar refractivity (Wildman–Crippen MR) is 104 cm³/mol. The number of benzene rings is 1. The number of carbonyl (C=O) groups excluding carboxylic acids is 1. The minimum atomic E-state index is -0.248. The van der Waals surface area contributed by atoms with Gasteiger partial charge in [-0.2, -0.15) is 0 Å². The third-order valence-corrected chi connectivity index (χ3v) is 5.99. The van der Waals surface area contributed by atoms with Crippen LogP contribution < -0.4 is 0 Å². The fraction of sp³-hybridized carbons (Fsp3) is 0.211. The van der Waals surface area contributed by atoms with Crippen LogP contribution in [-0.2, 0) is 16.1 Å². The molecule has 1 aromatic carbocycles. The van der Waals surface area contributed by atoms with Gasteiger partial charge in [0.05, 0.1) is 16.5 Å². The first-order chi connectivity index (χ1) is 13.3.